The van der Waals surface area contributed by atoms with Crippen molar-refractivity contribution in [1.82, 2.24) is 0 Å². The highest BCUT2D eigenvalue weighted by Gasteiger charge is 2.28. The summed E-state index contributed by atoms with van der Waals surface area (Å²) in [6.07, 6.45) is 1.04. The number of hydrogen-bond acceptors (Lipinski definition) is 7. The lowest BCUT2D eigenvalue weighted by Crippen LogP contribution is -2.35. The van der Waals surface area contributed by atoms with Gasteiger partial charge in [0.15, 0.2) is 0 Å². The Labute approximate surface area is 194 Å². The van der Waals surface area contributed by atoms with Gasteiger partial charge >= 0.3 is 8.60 Å². The molecule has 0 aliphatic carbocycles. The van der Waals surface area contributed by atoms with Crippen molar-refractivity contribution < 1.29 is 23.0 Å². The van der Waals surface area contributed by atoms with Crippen LogP contribution in [0.15, 0.2) is 30.3 Å². The first-order chi connectivity index (χ1) is 15.1. The lowest BCUT2D eigenvalue weighted by molar-refractivity contribution is -0.107. The minimum Gasteiger partial charge on any atom is -0.373 e. The second-order valence-corrected chi connectivity index (χ2v) is 10.5. The lowest BCUT2D eigenvalue weighted by atomic mass is 9.83. The van der Waals surface area contributed by atoms with Gasteiger partial charge in [-0.15, -0.1) is 0 Å². The molecular formula is C24H37N2O5P. The lowest BCUT2D eigenvalue weighted by Gasteiger charge is -2.34. The second kappa shape index (κ2) is 15.3. The predicted octanol–water partition coefficient (Wildman–Crippen LogP) is 5.91. The highest BCUT2D eigenvalue weighted by molar-refractivity contribution is 7.41. The summed E-state index contributed by atoms with van der Waals surface area (Å²) in [5.74, 6) is 0. The first kappa shape index (κ1) is 28.5. The summed E-state index contributed by atoms with van der Waals surface area (Å²) >= 11 is 0. The smallest absolute Gasteiger partial charge is 0.332 e. The molecule has 0 radical (unpaired) electrons. The Hall–Kier alpha value is -1.57. The normalized spacial score (nSPS) is 13.0. The van der Waals surface area contributed by atoms with Crippen molar-refractivity contribution in [2.45, 2.75) is 72.2 Å². The van der Waals surface area contributed by atoms with Crippen LogP contribution in [-0.2, 0) is 29.7 Å². The maximum atomic E-state index is 8.73. The third kappa shape index (κ3) is 14.5. The Morgan fingerprint density at radius 2 is 1.47 bits per heavy atom. The SMILES string of the molecule is CC(C)(C)CC(C)(C)OCC(COP(OCCC#N)OCCC#N)OCc1ccccc1. The van der Waals surface area contributed by atoms with Crippen molar-refractivity contribution >= 4 is 8.60 Å². The molecule has 1 aromatic carbocycles. The summed E-state index contributed by atoms with van der Waals surface area (Å²) in [6, 6.07) is 14.0. The Kier molecular flexibility index (Phi) is 13.6. The van der Waals surface area contributed by atoms with Gasteiger partial charge in [-0.1, -0.05) is 51.1 Å². The Morgan fingerprint density at radius 1 is 0.875 bits per heavy atom. The summed E-state index contributed by atoms with van der Waals surface area (Å²) in [5.41, 5.74) is 0.881. The number of nitrogens with zero attached hydrogens (tertiary/aromatic N) is 2. The van der Waals surface area contributed by atoms with Crippen molar-refractivity contribution in [2.75, 3.05) is 26.4 Å². The monoisotopic (exact) mass is 464 g/mol. The Balaban J connectivity index is 2.71. The van der Waals surface area contributed by atoms with E-state index in [1.165, 1.54) is 0 Å². The van der Waals surface area contributed by atoms with Crippen LogP contribution in [0.1, 0.15) is 59.4 Å². The van der Waals surface area contributed by atoms with E-state index >= 15 is 0 Å². The van der Waals surface area contributed by atoms with Crippen molar-refractivity contribution in [3.63, 3.8) is 0 Å². The van der Waals surface area contributed by atoms with Crippen molar-refractivity contribution in [3.8, 4) is 12.1 Å². The predicted molar refractivity (Wildman–Crippen MR) is 124 cm³/mol. The molecule has 1 unspecified atom stereocenters. The van der Waals surface area contributed by atoms with E-state index in [2.05, 4.69) is 34.6 Å². The molecule has 0 aliphatic heterocycles. The van der Waals surface area contributed by atoms with Crippen molar-refractivity contribution in [1.29, 1.82) is 10.5 Å². The molecular weight excluding hydrogens is 427 g/mol. The number of nitriles is 2. The van der Waals surface area contributed by atoms with Gasteiger partial charge in [0.2, 0.25) is 0 Å². The van der Waals surface area contributed by atoms with Crippen LogP contribution in [0.5, 0.6) is 0 Å². The van der Waals surface area contributed by atoms with Gasteiger partial charge in [0.05, 0.1) is 63.6 Å². The highest BCUT2D eigenvalue weighted by atomic mass is 31.2. The van der Waals surface area contributed by atoms with Crippen LogP contribution in [-0.4, -0.2) is 38.1 Å². The third-order valence-corrected chi connectivity index (χ3v) is 5.28. The average Bonchev–Trinajstić information content (AvgIpc) is 2.72. The summed E-state index contributed by atoms with van der Waals surface area (Å²) in [5, 5.41) is 17.5. The standard InChI is InChI=1S/C24H37N2O5P/c1-23(2,3)20-24(4,5)28-18-22(27-17-21-11-7-6-8-12-21)19-31-32(29-15-9-13-25)30-16-10-14-26/h6-8,11-12,22H,9-10,15-20H2,1-5H3. The number of hydrogen-bond donors (Lipinski definition) is 0. The summed E-state index contributed by atoms with van der Waals surface area (Å²) in [7, 11) is -1.68. The molecule has 0 heterocycles. The van der Waals surface area contributed by atoms with Gasteiger partial charge in [-0.3, -0.25) is 0 Å². The molecule has 0 saturated carbocycles. The zero-order valence-electron chi connectivity index (χ0n) is 20.0. The molecule has 178 valence electrons. The van der Waals surface area contributed by atoms with Crippen LogP contribution < -0.4 is 0 Å². The van der Waals surface area contributed by atoms with E-state index in [1.807, 2.05) is 42.5 Å². The molecule has 0 aromatic heterocycles. The van der Waals surface area contributed by atoms with E-state index < -0.39 is 8.60 Å². The van der Waals surface area contributed by atoms with Crippen LogP contribution >= 0.6 is 8.60 Å². The molecule has 1 rings (SSSR count). The summed E-state index contributed by atoms with van der Waals surface area (Å²) in [4.78, 5) is 0. The van der Waals surface area contributed by atoms with Gasteiger partial charge < -0.3 is 23.0 Å². The molecule has 0 amide bonds. The van der Waals surface area contributed by atoms with E-state index in [-0.39, 0.29) is 49.8 Å². The van der Waals surface area contributed by atoms with Gasteiger partial charge in [-0.2, -0.15) is 10.5 Å². The number of benzene rings is 1. The minimum atomic E-state index is -1.68. The van der Waals surface area contributed by atoms with Crippen LogP contribution in [0.2, 0.25) is 0 Å². The zero-order chi connectivity index (χ0) is 23.9. The fourth-order valence-corrected chi connectivity index (χ4v) is 4.16. The molecule has 32 heavy (non-hydrogen) atoms. The second-order valence-electron chi connectivity index (χ2n) is 9.23. The maximum absolute atomic E-state index is 8.73. The average molecular weight is 465 g/mol. The van der Waals surface area contributed by atoms with Gasteiger partial charge in [0, 0.05) is 0 Å². The molecule has 0 fully saturated rings. The van der Waals surface area contributed by atoms with Crippen LogP contribution in [0.3, 0.4) is 0 Å². The van der Waals surface area contributed by atoms with Crippen LogP contribution in [0.25, 0.3) is 0 Å². The molecule has 1 atom stereocenters. The van der Waals surface area contributed by atoms with Crippen LogP contribution in [0, 0.1) is 28.1 Å². The molecule has 0 saturated heterocycles. The van der Waals surface area contributed by atoms with E-state index in [0.717, 1.165) is 12.0 Å². The third-order valence-electron chi connectivity index (χ3n) is 4.13. The molecule has 7 nitrogen and oxygen atoms in total. The van der Waals surface area contributed by atoms with Gasteiger partial charge in [0.1, 0.15) is 6.10 Å². The first-order valence-electron chi connectivity index (χ1n) is 10.9. The molecule has 0 spiro atoms. The van der Waals surface area contributed by atoms with Crippen LogP contribution in [0.4, 0.5) is 0 Å². The molecule has 8 heteroatoms. The minimum absolute atomic E-state index is 0.137. The molecule has 0 aliphatic rings. The van der Waals surface area contributed by atoms with Crippen molar-refractivity contribution in [2.24, 2.45) is 5.41 Å². The van der Waals surface area contributed by atoms with Gasteiger partial charge in [-0.05, 0) is 31.2 Å². The first-order valence-corrected chi connectivity index (χ1v) is 12.0. The number of rotatable bonds is 16. The van der Waals surface area contributed by atoms with E-state index in [1.54, 1.807) is 0 Å². The van der Waals surface area contributed by atoms with Gasteiger partial charge in [0.25, 0.3) is 0 Å². The van der Waals surface area contributed by atoms with Crippen molar-refractivity contribution in [3.05, 3.63) is 35.9 Å². The quantitative estimate of drug-likeness (QED) is 0.222. The fourth-order valence-electron chi connectivity index (χ4n) is 3.17. The molecule has 0 bridgehead atoms. The zero-order valence-corrected chi connectivity index (χ0v) is 20.9. The Morgan fingerprint density at radius 3 is 2.00 bits per heavy atom. The highest BCUT2D eigenvalue weighted by Crippen LogP contribution is 2.40. The van der Waals surface area contributed by atoms with E-state index in [0.29, 0.717) is 13.2 Å². The topological polar surface area (TPSA) is 93.7 Å². The van der Waals surface area contributed by atoms with E-state index in [9.17, 15) is 0 Å². The van der Waals surface area contributed by atoms with Gasteiger partial charge in [-0.25, -0.2) is 0 Å². The molecule has 1 aromatic rings. The number of ether oxygens (including phenoxy) is 2. The summed E-state index contributed by atoms with van der Waals surface area (Å²) < 4.78 is 29.3. The van der Waals surface area contributed by atoms with E-state index in [4.69, 9.17) is 33.6 Å². The largest absolute Gasteiger partial charge is 0.373 e. The summed E-state index contributed by atoms with van der Waals surface area (Å²) in [6.45, 7) is 12.1. The molecule has 0 N–H and O–H groups in total. The fraction of sp³-hybridized carbons (Fsp3) is 0.667. The maximum Gasteiger partial charge on any atom is 0.332 e. The Bertz CT molecular complexity index is 690.